The largest absolute Gasteiger partial charge is 0.497 e. The van der Waals surface area contributed by atoms with E-state index in [0.29, 0.717) is 40.6 Å². The maximum Gasteiger partial charge on any atom is 0.278 e. The van der Waals surface area contributed by atoms with Crippen molar-refractivity contribution in [1.29, 1.82) is 0 Å². The molecule has 8 nitrogen and oxygen atoms in total. The molecule has 0 unspecified atom stereocenters. The maximum atomic E-state index is 13.3. The van der Waals surface area contributed by atoms with Gasteiger partial charge in [0.05, 0.1) is 7.11 Å². The molecule has 38 heavy (non-hydrogen) atoms. The van der Waals surface area contributed by atoms with Crippen molar-refractivity contribution < 1.29 is 28.2 Å². The van der Waals surface area contributed by atoms with Gasteiger partial charge >= 0.3 is 0 Å². The molecule has 0 atom stereocenters. The Balaban J connectivity index is 1.52. The van der Waals surface area contributed by atoms with Gasteiger partial charge in [0.2, 0.25) is 0 Å². The SMILES string of the molecule is COCCCN1C(=O)C(Nc2ccc(OC)cc2)=C(Sc2ccc(NC(=O)c3ccc(F)cc3)cc2)C1=O. The van der Waals surface area contributed by atoms with E-state index in [0.717, 1.165) is 11.8 Å². The van der Waals surface area contributed by atoms with Crippen LogP contribution < -0.4 is 15.4 Å². The number of hydrogen-bond acceptors (Lipinski definition) is 7. The third-order valence-corrected chi connectivity index (χ3v) is 6.74. The zero-order chi connectivity index (χ0) is 27.1. The van der Waals surface area contributed by atoms with Gasteiger partial charge < -0.3 is 20.1 Å². The number of carbonyl (C=O) groups is 3. The minimum absolute atomic E-state index is 0.191. The molecular formula is C28H26FN3O5S. The normalized spacial score (nSPS) is 13.2. The van der Waals surface area contributed by atoms with Crippen LogP contribution in [0.2, 0.25) is 0 Å². The van der Waals surface area contributed by atoms with Gasteiger partial charge in [-0.2, -0.15) is 0 Å². The van der Waals surface area contributed by atoms with Crippen LogP contribution in [-0.4, -0.2) is 50.0 Å². The summed E-state index contributed by atoms with van der Waals surface area (Å²) in [6, 6.07) is 19.2. The van der Waals surface area contributed by atoms with Gasteiger partial charge in [-0.05, 0) is 79.2 Å². The van der Waals surface area contributed by atoms with Crippen LogP contribution in [0, 0.1) is 5.82 Å². The molecule has 1 aliphatic rings. The van der Waals surface area contributed by atoms with Crippen molar-refractivity contribution in [2.45, 2.75) is 11.3 Å². The molecule has 1 heterocycles. The van der Waals surface area contributed by atoms with Crippen molar-refractivity contribution >= 4 is 40.9 Å². The number of amides is 3. The number of rotatable bonds is 11. The number of methoxy groups -OCH3 is 2. The lowest BCUT2D eigenvalue weighted by Gasteiger charge is -2.14. The molecule has 0 bridgehead atoms. The van der Waals surface area contributed by atoms with Gasteiger partial charge in [-0.25, -0.2) is 4.39 Å². The highest BCUT2D eigenvalue weighted by molar-refractivity contribution is 8.04. The minimum Gasteiger partial charge on any atom is -0.497 e. The molecule has 0 saturated carbocycles. The predicted octanol–water partition coefficient (Wildman–Crippen LogP) is 4.91. The van der Waals surface area contributed by atoms with Gasteiger partial charge in [0, 0.05) is 42.1 Å². The molecule has 0 aromatic heterocycles. The van der Waals surface area contributed by atoms with Gasteiger partial charge in [0.1, 0.15) is 22.2 Å². The van der Waals surface area contributed by atoms with Crippen molar-refractivity contribution in [3.63, 3.8) is 0 Å². The van der Waals surface area contributed by atoms with E-state index in [2.05, 4.69) is 10.6 Å². The smallest absolute Gasteiger partial charge is 0.278 e. The molecule has 0 spiro atoms. The van der Waals surface area contributed by atoms with Gasteiger partial charge in [-0.3, -0.25) is 19.3 Å². The third kappa shape index (κ3) is 6.39. The Morgan fingerprint density at radius 3 is 2.18 bits per heavy atom. The Bertz CT molecular complexity index is 1340. The van der Waals surface area contributed by atoms with E-state index >= 15 is 0 Å². The summed E-state index contributed by atoms with van der Waals surface area (Å²) in [5.74, 6) is -0.924. The van der Waals surface area contributed by atoms with Gasteiger partial charge in [-0.15, -0.1) is 0 Å². The summed E-state index contributed by atoms with van der Waals surface area (Å²) < 4.78 is 23.4. The van der Waals surface area contributed by atoms with E-state index < -0.39 is 11.7 Å². The van der Waals surface area contributed by atoms with Crippen LogP contribution in [0.3, 0.4) is 0 Å². The van der Waals surface area contributed by atoms with Crippen LogP contribution in [-0.2, 0) is 14.3 Å². The number of ether oxygens (including phenoxy) is 2. The Labute approximate surface area is 223 Å². The van der Waals surface area contributed by atoms with E-state index in [1.54, 1.807) is 62.8 Å². The summed E-state index contributed by atoms with van der Waals surface area (Å²) in [6.07, 6.45) is 0.518. The molecule has 10 heteroatoms. The molecule has 1 aliphatic heterocycles. The molecule has 2 N–H and O–H groups in total. The zero-order valence-electron chi connectivity index (χ0n) is 20.8. The topological polar surface area (TPSA) is 97.0 Å². The second-order valence-corrected chi connectivity index (χ2v) is 9.34. The molecule has 0 fully saturated rings. The highest BCUT2D eigenvalue weighted by Crippen LogP contribution is 2.36. The second kappa shape index (κ2) is 12.4. The Morgan fingerprint density at radius 1 is 0.895 bits per heavy atom. The highest BCUT2D eigenvalue weighted by atomic mass is 32.2. The quantitative estimate of drug-likeness (QED) is 0.266. The first-order valence-electron chi connectivity index (χ1n) is 11.7. The van der Waals surface area contributed by atoms with Crippen molar-refractivity contribution in [1.82, 2.24) is 4.90 Å². The van der Waals surface area contributed by atoms with Crippen molar-refractivity contribution in [3.8, 4) is 5.75 Å². The lowest BCUT2D eigenvalue weighted by Crippen LogP contribution is -2.33. The number of benzene rings is 3. The summed E-state index contributed by atoms with van der Waals surface area (Å²) in [5.41, 5.74) is 1.69. The van der Waals surface area contributed by atoms with E-state index in [9.17, 15) is 18.8 Å². The standard InChI is InChI=1S/C28H26FN3O5S/c1-36-17-3-16-32-27(34)24(30-20-8-12-22(37-2)13-9-20)25(28(32)35)38-23-14-10-21(11-15-23)31-26(33)18-4-6-19(29)7-5-18/h4-15,30H,3,16-17H2,1-2H3,(H,31,33). The fourth-order valence-corrected chi connectivity index (χ4v) is 4.62. The second-order valence-electron chi connectivity index (χ2n) is 8.25. The monoisotopic (exact) mass is 535 g/mol. The van der Waals surface area contributed by atoms with Gasteiger partial charge in [0.25, 0.3) is 17.7 Å². The summed E-state index contributed by atoms with van der Waals surface area (Å²) in [7, 11) is 3.13. The molecule has 0 saturated heterocycles. The Hall–Kier alpha value is -4.15. The number of thioether (sulfide) groups is 1. The van der Waals surface area contributed by atoms with Crippen molar-refractivity contribution in [2.24, 2.45) is 0 Å². The van der Waals surface area contributed by atoms with Crippen LogP contribution in [0.15, 0.2) is 88.3 Å². The number of nitrogens with zero attached hydrogens (tertiary/aromatic N) is 1. The molecule has 3 aromatic rings. The average molecular weight is 536 g/mol. The number of imide groups is 1. The fraction of sp³-hybridized carbons (Fsp3) is 0.179. The summed E-state index contributed by atoms with van der Waals surface area (Å²) in [5, 5.41) is 5.85. The van der Waals surface area contributed by atoms with Gasteiger partial charge in [0.15, 0.2) is 0 Å². The van der Waals surface area contributed by atoms with Crippen LogP contribution in [0.25, 0.3) is 0 Å². The van der Waals surface area contributed by atoms with Crippen LogP contribution in [0.5, 0.6) is 5.75 Å². The Kier molecular flexibility index (Phi) is 8.77. The summed E-state index contributed by atoms with van der Waals surface area (Å²) in [4.78, 5) is 41.1. The Morgan fingerprint density at radius 2 is 1.55 bits per heavy atom. The van der Waals surface area contributed by atoms with Crippen molar-refractivity contribution in [3.05, 3.63) is 94.8 Å². The first kappa shape index (κ1) is 26.9. The molecule has 3 amide bonds. The van der Waals surface area contributed by atoms with Crippen LogP contribution >= 0.6 is 11.8 Å². The van der Waals surface area contributed by atoms with E-state index in [4.69, 9.17) is 9.47 Å². The fourth-order valence-electron chi connectivity index (χ4n) is 3.68. The first-order valence-corrected chi connectivity index (χ1v) is 12.6. The number of anilines is 2. The van der Waals surface area contributed by atoms with Crippen LogP contribution in [0.4, 0.5) is 15.8 Å². The first-order chi connectivity index (χ1) is 18.4. The summed E-state index contributed by atoms with van der Waals surface area (Å²) in [6.45, 7) is 0.656. The summed E-state index contributed by atoms with van der Waals surface area (Å²) >= 11 is 1.16. The molecule has 4 rings (SSSR count). The third-order valence-electron chi connectivity index (χ3n) is 5.65. The number of carbonyl (C=O) groups excluding carboxylic acids is 3. The lowest BCUT2D eigenvalue weighted by atomic mass is 10.2. The number of hydrogen-bond donors (Lipinski definition) is 2. The molecule has 0 radical (unpaired) electrons. The highest BCUT2D eigenvalue weighted by Gasteiger charge is 2.38. The van der Waals surface area contributed by atoms with E-state index in [1.807, 2.05) is 0 Å². The maximum absolute atomic E-state index is 13.3. The van der Waals surface area contributed by atoms with Crippen molar-refractivity contribution in [2.75, 3.05) is 38.0 Å². The molecule has 3 aromatic carbocycles. The predicted molar refractivity (Wildman–Crippen MR) is 144 cm³/mol. The van der Waals surface area contributed by atoms with E-state index in [1.165, 1.54) is 29.2 Å². The minimum atomic E-state index is -0.421. The van der Waals surface area contributed by atoms with Gasteiger partial charge in [-0.1, -0.05) is 11.8 Å². The van der Waals surface area contributed by atoms with E-state index in [-0.39, 0.29) is 29.0 Å². The molecule has 0 aliphatic carbocycles. The zero-order valence-corrected chi connectivity index (χ0v) is 21.6. The average Bonchev–Trinajstić information content (AvgIpc) is 3.14. The molecular weight excluding hydrogens is 509 g/mol. The number of nitrogens with one attached hydrogen (secondary N) is 2. The molecule has 196 valence electrons. The lowest BCUT2D eigenvalue weighted by molar-refractivity contribution is -0.137. The van der Waals surface area contributed by atoms with Crippen LogP contribution in [0.1, 0.15) is 16.8 Å². The number of halogens is 1.